The molecular formula is C20H17FO3. The highest BCUT2D eigenvalue weighted by Crippen LogP contribution is 2.33. The van der Waals surface area contributed by atoms with Gasteiger partial charge in [0, 0.05) is 23.1 Å². The maximum absolute atomic E-state index is 14.7. The second-order valence-electron chi connectivity index (χ2n) is 5.75. The lowest BCUT2D eigenvalue weighted by Crippen LogP contribution is -2.07. The Hall–Kier alpha value is -2.88. The number of phenolic OH excluding ortho intramolecular Hbond substituents is 1. The van der Waals surface area contributed by atoms with Crippen LogP contribution in [0, 0.1) is 12.7 Å². The number of hydrogen-bond acceptors (Lipinski definition) is 3. The van der Waals surface area contributed by atoms with E-state index in [2.05, 4.69) is 0 Å². The Kier molecular flexibility index (Phi) is 4.21. The Morgan fingerprint density at radius 1 is 1.17 bits per heavy atom. The molecule has 2 aromatic carbocycles. The van der Waals surface area contributed by atoms with Crippen molar-refractivity contribution in [1.82, 2.24) is 0 Å². The van der Waals surface area contributed by atoms with Crippen LogP contribution in [-0.2, 0) is 9.53 Å². The maximum atomic E-state index is 14.7. The van der Waals surface area contributed by atoms with Crippen molar-refractivity contribution in [3.63, 3.8) is 0 Å². The monoisotopic (exact) mass is 324 g/mol. The van der Waals surface area contributed by atoms with Gasteiger partial charge < -0.3 is 9.84 Å². The molecule has 0 saturated carbocycles. The highest BCUT2D eigenvalue weighted by atomic mass is 19.1. The fourth-order valence-corrected chi connectivity index (χ4v) is 2.76. The van der Waals surface area contributed by atoms with Gasteiger partial charge in [-0.1, -0.05) is 12.1 Å². The first-order valence-corrected chi connectivity index (χ1v) is 7.63. The van der Waals surface area contributed by atoms with Crippen LogP contribution in [0.4, 0.5) is 4.39 Å². The zero-order valence-electron chi connectivity index (χ0n) is 13.5. The number of carbonyl (C=O) groups is 1. The van der Waals surface area contributed by atoms with E-state index in [1.165, 1.54) is 31.4 Å². The number of Topliss-reactive ketones (excluding diaryl/α,β-unsaturated/α-hetero) is 1. The van der Waals surface area contributed by atoms with Crippen molar-refractivity contribution < 1.29 is 19.0 Å². The lowest BCUT2D eigenvalue weighted by atomic mass is 9.94. The van der Waals surface area contributed by atoms with E-state index in [9.17, 15) is 14.3 Å². The Balaban J connectivity index is 2.10. The SMILES string of the molecule is CC(=O)C1=C(c2cc(F)c(-c3ccc(O)cc3)cc2C)OC=CC1. The molecule has 0 atom stereocenters. The number of halogens is 1. The maximum Gasteiger partial charge on any atom is 0.159 e. The van der Waals surface area contributed by atoms with Gasteiger partial charge in [0.25, 0.3) is 0 Å². The average Bonchev–Trinajstić information content (AvgIpc) is 2.57. The number of phenols is 1. The predicted molar refractivity (Wildman–Crippen MR) is 90.7 cm³/mol. The van der Waals surface area contributed by atoms with Crippen LogP contribution in [0.2, 0.25) is 0 Å². The van der Waals surface area contributed by atoms with Crippen molar-refractivity contribution in [3.05, 3.63) is 71.3 Å². The number of allylic oxidation sites excluding steroid dienone is 2. The third-order valence-corrected chi connectivity index (χ3v) is 4.04. The summed E-state index contributed by atoms with van der Waals surface area (Å²) in [5, 5.41) is 9.37. The van der Waals surface area contributed by atoms with Crippen molar-refractivity contribution in [2.45, 2.75) is 20.3 Å². The lowest BCUT2D eigenvalue weighted by Gasteiger charge is -2.18. The second kappa shape index (κ2) is 6.32. The summed E-state index contributed by atoms with van der Waals surface area (Å²) in [4.78, 5) is 11.8. The molecule has 2 aromatic rings. The minimum absolute atomic E-state index is 0.0863. The van der Waals surface area contributed by atoms with Gasteiger partial charge in [0.15, 0.2) is 5.78 Å². The second-order valence-corrected chi connectivity index (χ2v) is 5.75. The predicted octanol–water partition coefficient (Wildman–Crippen LogP) is 4.74. The highest BCUT2D eigenvalue weighted by Gasteiger charge is 2.20. The number of hydrogen-bond donors (Lipinski definition) is 1. The van der Waals surface area contributed by atoms with Crippen LogP contribution in [0.3, 0.4) is 0 Å². The van der Waals surface area contributed by atoms with Gasteiger partial charge in [-0.05, 0) is 55.3 Å². The standard InChI is InChI=1S/C20H17FO3/c1-12-10-18(14-5-7-15(23)8-6-14)19(21)11-17(12)20-16(13(2)22)4-3-9-24-20/h3,5-11,23H,4H2,1-2H3. The topological polar surface area (TPSA) is 46.5 Å². The van der Waals surface area contributed by atoms with Crippen LogP contribution in [-0.4, -0.2) is 10.9 Å². The molecule has 0 spiro atoms. The van der Waals surface area contributed by atoms with E-state index in [-0.39, 0.29) is 11.5 Å². The molecule has 122 valence electrons. The van der Waals surface area contributed by atoms with Crippen molar-refractivity contribution in [2.75, 3.05) is 0 Å². The van der Waals surface area contributed by atoms with Gasteiger partial charge in [-0.25, -0.2) is 4.39 Å². The molecule has 0 amide bonds. The summed E-state index contributed by atoms with van der Waals surface area (Å²) >= 11 is 0. The molecule has 4 heteroatoms. The molecule has 1 N–H and O–H groups in total. The van der Waals surface area contributed by atoms with Crippen LogP contribution in [0.25, 0.3) is 16.9 Å². The quantitative estimate of drug-likeness (QED) is 0.887. The van der Waals surface area contributed by atoms with Crippen LogP contribution < -0.4 is 0 Å². The lowest BCUT2D eigenvalue weighted by molar-refractivity contribution is -0.113. The van der Waals surface area contributed by atoms with Crippen molar-refractivity contribution in [1.29, 1.82) is 0 Å². The molecule has 0 bridgehead atoms. The van der Waals surface area contributed by atoms with Gasteiger partial charge in [-0.2, -0.15) is 0 Å². The molecule has 1 heterocycles. The first kappa shape index (κ1) is 16.0. The summed E-state index contributed by atoms with van der Waals surface area (Å²) in [5.41, 5.74) is 3.03. The molecule has 0 radical (unpaired) electrons. The van der Waals surface area contributed by atoms with Gasteiger partial charge in [0.1, 0.15) is 17.3 Å². The largest absolute Gasteiger partial charge is 0.508 e. The highest BCUT2D eigenvalue weighted by molar-refractivity contribution is 6.00. The summed E-state index contributed by atoms with van der Waals surface area (Å²) in [6.45, 7) is 3.33. The summed E-state index contributed by atoms with van der Waals surface area (Å²) in [6.07, 6.45) is 3.76. The van der Waals surface area contributed by atoms with Crippen molar-refractivity contribution >= 4 is 11.5 Å². The summed E-state index contributed by atoms with van der Waals surface area (Å²) in [5.74, 6) is 0.0522. The van der Waals surface area contributed by atoms with Gasteiger partial charge >= 0.3 is 0 Å². The Morgan fingerprint density at radius 3 is 2.54 bits per heavy atom. The molecule has 1 aliphatic rings. The van der Waals surface area contributed by atoms with E-state index >= 15 is 0 Å². The molecule has 0 saturated heterocycles. The summed E-state index contributed by atoms with van der Waals surface area (Å²) in [6, 6.07) is 9.48. The summed E-state index contributed by atoms with van der Waals surface area (Å²) in [7, 11) is 0. The smallest absolute Gasteiger partial charge is 0.159 e. The number of rotatable bonds is 3. The molecule has 0 fully saturated rings. The molecular weight excluding hydrogens is 307 g/mol. The summed E-state index contributed by atoms with van der Waals surface area (Å²) < 4.78 is 20.2. The van der Waals surface area contributed by atoms with Crippen LogP contribution in [0.5, 0.6) is 5.75 Å². The first-order chi connectivity index (χ1) is 11.5. The number of benzene rings is 2. The molecule has 24 heavy (non-hydrogen) atoms. The van der Waals surface area contributed by atoms with E-state index in [1.807, 2.05) is 6.92 Å². The minimum Gasteiger partial charge on any atom is -0.508 e. The molecule has 0 aromatic heterocycles. The van der Waals surface area contributed by atoms with E-state index < -0.39 is 5.82 Å². The number of aromatic hydroxyl groups is 1. The number of ether oxygens (including phenoxy) is 1. The number of aryl methyl sites for hydroxylation is 1. The zero-order chi connectivity index (χ0) is 17.3. The van der Waals surface area contributed by atoms with E-state index in [1.54, 1.807) is 24.3 Å². The van der Waals surface area contributed by atoms with Gasteiger partial charge in [-0.15, -0.1) is 0 Å². The van der Waals surface area contributed by atoms with Gasteiger partial charge in [0.05, 0.1) is 6.26 Å². The van der Waals surface area contributed by atoms with E-state index in [0.717, 1.165) is 5.56 Å². The average molecular weight is 324 g/mol. The van der Waals surface area contributed by atoms with E-state index in [0.29, 0.717) is 34.4 Å². The molecule has 3 rings (SSSR count). The van der Waals surface area contributed by atoms with Crippen molar-refractivity contribution in [2.24, 2.45) is 0 Å². The fourth-order valence-electron chi connectivity index (χ4n) is 2.76. The zero-order valence-corrected chi connectivity index (χ0v) is 13.5. The van der Waals surface area contributed by atoms with Crippen molar-refractivity contribution in [3.8, 4) is 16.9 Å². The van der Waals surface area contributed by atoms with Gasteiger partial charge in [-0.3, -0.25) is 4.79 Å². The normalized spacial score (nSPS) is 13.8. The molecule has 0 aliphatic carbocycles. The van der Waals surface area contributed by atoms with Crippen LogP contribution in [0.15, 0.2) is 54.3 Å². The molecule has 0 unspecified atom stereocenters. The first-order valence-electron chi connectivity index (χ1n) is 7.63. The fraction of sp³-hybridized carbons (Fsp3) is 0.150. The molecule has 3 nitrogen and oxygen atoms in total. The third kappa shape index (κ3) is 2.95. The number of carbonyl (C=O) groups excluding carboxylic acids is 1. The van der Waals surface area contributed by atoms with E-state index in [4.69, 9.17) is 4.74 Å². The van der Waals surface area contributed by atoms with Crippen LogP contribution >= 0.6 is 0 Å². The Morgan fingerprint density at radius 2 is 1.88 bits per heavy atom. The van der Waals surface area contributed by atoms with Crippen LogP contribution in [0.1, 0.15) is 24.5 Å². The third-order valence-electron chi connectivity index (χ3n) is 4.04. The minimum atomic E-state index is -0.408. The van der Waals surface area contributed by atoms with Gasteiger partial charge in [0.2, 0.25) is 0 Å². The molecule has 1 aliphatic heterocycles. The number of ketones is 1. The Labute approximate surface area is 139 Å². The Bertz CT molecular complexity index is 861.